The van der Waals surface area contributed by atoms with Crippen molar-refractivity contribution < 1.29 is 34.4 Å². The van der Waals surface area contributed by atoms with Gasteiger partial charge in [0.15, 0.2) is 8.32 Å². The molecule has 0 aliphatic rings. The standard InChI is InChI=1S/C12H26F3NO5S2Si/c1-21-24(2,3)11-9-7-5-4-6-8-10-22(17,18)16-23(19,20)12(13,14)15/h16H,4-11H2,1-3H3. The van der Waals surface area contributed by atoms with Crippen molar-refractivity contribution in [2.24, 2.45) is 0 Å². The second-order valence-electron chi connectivity index (χ2n) is 6.19. The highest BCUT2D eigenvalue weighted by atomic mass is 32.3. The number of rotatable bonds is 12. The van der Waals surface area contributed by atoms with Gasteiger partial charge in [0.2, 0.25) is 10.0 Å². The second kappa shape index (κ2) is 9.50. The van der Waals surface area contributed by atoms with E-state index in [9.17, 15) is 30.0 Å². The summed E-state index contributed by atoms with van der Waals surface area (Å²) in [7, 11) is -10.2. The number of nitrogens with one attached hydrogen (secondary N) is 1. The Kier molecular flexibility index (Phi) is 9.44. The number of sulfonamides is 2. The van der Waals surface area contributed by atoms with Gasteiger partial charge in [-0.25, -0.2) is 16.8 Å². The van der Waals surface area contributed by atoms with Gasteiger partial charge in [0.25, 0.3) is 0 Å². The lowest BCUT2D eigenvalue weighted by molar-refractivity contribution is -0.0441. The number of alkyl halides is 3. The lowest BCUT2D eigenvalue weighted by atomic mass is 10.1. The Morgan fingerprint density at radius 3 is 1.83 bits per heavy atom. The van der Waals surface area contributed by atoms with E-state index in [1.54, 1.807) is 7.11 Å². The van der Waals surface area contributed by atoms with E-state index in [0.717, 1.165) is 31.7 Å². The number of hydrogen-bond acceptors (Lipinski definition) is 5. The summed E-state index contributed by atoms with van der Waals surface area (Å²) in [4.78, 5) is 0. The zero-order chi connectivity index (χ0) is 19.1. The molecule has 0 atom stereocenters. The largest absolute Gasteiger partial charge is 0.512 e. The highest BCUT2D eigenvalue weighted by molar-refractivity contribution is 8.05. The molecular formula is C12H26F3NO5S2Si. The van der Waals surface area contributed by atoms with Crippen LogP contribution in [0.3, 0.4) is 0 Å². The lowest BCUT2D eigenvalue weighted by Crippen LogP contribution is -2.41. The third-order valence-corrected chi connectivity index (χ3v) is 9.53. The minimum Gasteiger partial charge on any atom is -0.420 e. The van der Waals surface area contributed by atoms with Crippen LogP contribution in [-0.2, 0) is 24.5 Å². The molecule has 0 aromatic rings. The second-order valence-corrected chi connectivity index (χ2v) is 14.4. The van der Waals surface area contributed by atoms with Crippen LogP contribution in [0, 0.1) is 0 Å². The molecule has 0 saturated carbocycles. The third kappa shape index (κ3) is 9.96. The van der Waals surface area contributed by atoms with Crippen LogP contribution in [0.1, 0.15) is 38.5 Å². The van der Waals surface area contributed by atoms with Crippen molar-refractivity contribution in [3.05, 3.63) is 0 Å². The Morgan fingerprint density at radius 1 is 0.917 bits per heavy atom. The van der Waals surface area contributed by atoms with Gasteiger partial charge in [0.1, 0.15) is 0 Å². The van der Waals surface area contributed by atoms with E-state index in [2.05, 4.69) is 13.1 Å². The van der Waals surface area contributed by atoms with Crippen LogP contribution < -0.4 is 4.13 Å². The van der Waals surface area contributed by atoms with Crippen LogP contribution in [0.2, 0.25) is 19.1 Å². The van der Waals surface area contributed by atoms with Crippen LogP contribution in [0.5, 0.6) is 0 Å². The molecule has 0 radical (unpaired) electrons. The predicted octanol–water partition coefficient (Wildman–Crippen LogP) is 2.95. The molecule has 146 valence electrons. The normalized spacial score (nSPS) is 14.1. The van der Waals surface area contributed by atoms with E-state index >= 15 is 0 Å². The van der Waals surface area contributed by atoms with E-state index in [1.165, 1.54) is 0 Å². The zero-order valence-electron chi connectivity index (χ0n) is 14.1. The van der Waals surface area contributed by atoms with E-state index < -0.39 is 39.6 Å². The Balaban J connectivity index is 3.96. The Bertz CT molecular complexity index is 576. The molecule has 0 rings (SSSR count). The van der Waals surface area contributed by atoms with Crippen LogP contribution in [-0.4, -0.2) is 43.5 Å². The van der Waals surface area contributed by atoms with Crippen molar-refractivity contribution in [1.82, 2.24) is 4.13 Å². The third-order valence-electron chi connectivity index (χ3n) is 3.54. The number of halogens is 3. The zero-order valence-corrected chi connectivity index (χ0v) is 16.8. The maximum atomic E-state index is 12.1. The van der Waals surface area contributed by atoms with Crippen LogP contribution >= 0.6 is 0 Å². The van der Waals surface area contributed by atoms with Gasteiger partial charge in [-0.3, -0.25) is 0 Å². The molecule has 12 heteroatoms. The minimum atomic E-state index is -5.87. The van der Waals surface area contributed by atoms with Crippen molar-refractivity contribution in [2.45, 2.75) is 63.2 Å². The molecule has 0 saturated heterocycles. The summed E-state index contributed by atoms with van der Waals surface area (Å²) in [6, 6.07) is 1.04. The number of hydrogen-bond donors (Lipinski definition) is 1. The molecule has 0 aromatic heterocycles. The Labute approximate surface area is 143 Å². The van der Waals surface area contributed by atoms with Crippen molar-refractivity contribution >= 4 is 28.4 Å². The average Bonchev–Trinajstić information content (AvgIpc) is 2.39. The van der Waals surface area contributed by atoms with Gasteiger partial charge in [-0.15, -0.1) is 4.13 Å². The van der Waals surface area contributed by atoms with Crippen molar-refractivity contribution in [3.8, 4) is 0 Å². The van der Waals surface area contributed by atoms with Crippen LogP contribution in [0.15, 0.2) is 0 Å². The number of unbranched alkanes of at least 4 members (excludes halogenated alkanes) is 5. The first-order chi connectivity index (χ1) is 10.7. The van der Waals surface area contributed by atoms with Gasteiger partial charge in [-0.05, 0) is 25.6 Å². The first kappa shape index (κ1) is 23.8. The highest BCUT2D eigenvalue weighted by Crippen LogP contribution is 2.22. The molecule has 0 bridgehead atoms. The molecule has 0 aromatic carbocycles. The van der Waals surface area contributed by atoms with E-state index in [1.807, 2.05) is 0 Å². The summed E-state index contributed by atoms with van der Waals surface area (Å²) in [5.41, 5.74) is -5.64. The maximum Gasteiger partial charge on any atom is 0.512 e. The van der Waals surface area contributed by atoms with Crippen molar-refractivity contribution in [1.29, 1.82) is 0 Å². The SMILES string of the molecule is CO[Si](C)(C)CCCCCCCCS(=O)(=O)NS(=O)(=O)C(F)(F)F. The van der Waals surface area contributed by atoms with Crippen LogP contribution in [0.4, 0.5) is 13.2 Å². The summed E-state index contributed by atoms with van der Waals surface area (Å²) in [6.45, 7) is 4.25. The summed E-state index contributed by atoms with van der Waals surface area (Å²) in [5.74, 6) is -0.647. The van der Waals surface area contributed by atoms with Crippen molar-refractivity contribution in [3.63, 3.8) is 0 Å². The molecule has 0 amide bonds. The first-order valence-corrected chi connectivity index (χ1v) is 13.9. The van der Waals surface area contributed by atoms with Crippen molar-refractivity contribution in [2.75, 3.05) is 12.9 Å². The molecule has 24 heavy (non-hydrogen) atoms. The van der Waals surface area contributed by atoms with E-state index in [-0.39, 0.29) is 6.42 Å². The fraction of sp³-hybridized carbons (Fsp3) is 1.00. The summed E-state index contributed by atoms with van der Waals surface area (Å²) >= 11 is 0. The minimum absolute atomic E-state index is 0.112. The van der Waals surface area contributed by atoms with Gasteiger partial charge in [0, 0.05) is 7.11 Å². The van der Waals surface area contributed by atoms with Gasteiger partial charge in [-0.2, -0.15) is 13.2 Å². The Morgan fingerprint density at radius 2 is 1.38 bits per heavy atom. The molecule has 0 aliphatic carbocycles. The fourth-order valence-corrected chi connectivity index (χ4v) is 5.85. The summed E-state index contributed by atoms with van der Waals surface area (Å²) < 4.78 is 86.7. The van der Waals surface area contributed by atoms with E-state index in [4.69, 9.17) is 4.43 Å². The van der Waals surface area contributed by atoms with Gasteiger partial charge in [-0.1, -0.05) is 32.1 Å². The monoisotopic (exact) mass is 413 g/mol. The average molecular weight is 414 g/mol. The van der Waals surface area contributed by atoms with Gasteiger partial charge in [0.05, 0.1) is 5.75 Å². The first-order valence-electron chi connectivity index (χ1n) is 7.60. The van der Waals surface area contributed by atoms with E-state index in [0.29, 0.717) is 10.5 Å². The summed E-state index contributed by atoms with van der Waals surface area (Å²) in [6.07, 6.45) is 4.27. The molecule has 1 N–H and O–H groups in total. The molecule has 0 spiro atoms. The highest BCUT2D eigenvalue weighted by Gasteiger charge is 2.48. The molecule has 0 aliphatic heterocycles. The molecular weight excluding hydrogens is 387 g/mol. The smallest absolute Gasteiger partial charge is 0.420 e. The maximum absolute atomic E-state index is 12.1. The molecule has 0 heterocycles. The fourth-order valence-electron chi connectivity index (χ4n) is 1.91. The lowest BCUT2D eigenvalue weighted by Gasteiger charge is -2.19. The molecule has 6 nitrogen and oxygen atoms in total. The topological polar surface area (TPSA) is 89.5 Å². The van der Waals surface area contributed by atoms with Gasteiger partial charge >= 0.3 is 15.5 Å². The Hall–Kier alpha value is -0.173. The molecule has 0 unspecified atom stereocenters. The summed E-state index contributed by atoms with van der Waals surface area (Å²) in [5, 5.41) is 0. The predicted molar refractivity (Wildman–Crippen MR) is 88.9 cm³/mol. The quantitative estimate of drug-likeness (QED) is 0.392. The van der Waals surface area contributed by atoms with Crippen LogP contribution in [0.25, 0.3) is 0 Å². The molecule has 0 fully saturated rings. The van der Waals surface area contributed by atoms with Gasteiger partial charge < -0.3 is 4.43 Å².